The molecule has 0 saturated carbocycles. The van der Waals surface area contributed by atoms with Crippen LogP contribution in [0.4, 0.5) is 4.79 Å². The van der Waals surface area contributed by atoms with Crippen molar-refractivity contribution in [2.24, 2.45) is 0 Å². The van der Waals surface area contributed by atoms with Crippen molar-refractivity contribution in [3.05, 3.63) is 46.6 Å². The number of phenols is 1. The van der Waals surface area contributed by atoms with E-state index in [2.05, 4.69) is 39.8 Å². The summed E-state index contributed by atoms with van der Waals surface area (Å²) in [5.41, 5.74) is 4.28. The van der Waals surface area contributed by atoms with E-state index in [1.54, 1.807) is 13.8 Å². The number of hydrogen-bond donors (Lipinski definition) is 1. The summed E-state index contributed by atoms with van der Waals surface area (Å²) in [6.07, 6.45) is 9.44. The molecule has 0 bridgehead atoms. The average molecular weight is 433 g/mol. The highest BCUT2D eigenvalue weighted by Crippen LogP contribution is 2.33. The van der Waals surface area contributed by atoms with Crippen molar-refractivity contribution in [2.75, 3.05) is 6.61 Å². The molecule has 0 aliphatic rings. The molecule has 0 spiro atoms. The lowest BCUT2D eigenvalue weighted by molar-refractivity contribution is -0.0523. The van der Waals surface area contributed by atoms with E-state index >= 15 is 0 Å². The van der Waals surface area contributed by atoms with Crippen molar-refractivity contribution in [3.8, 4) is 11.5 Å². The van der Waals surface area contributed by atoms with Crippen LogP contribution >= 0.6 is 0 Å². The number of carbonyl (C=O) groups is 1. The van der Waals surface area contributed by atoms with E-state index in [9.17, 15) is 9.90 Å². The monoisotopic (exact) mass is 432 g/mol. The fourth-order valence-electron chi connectivity index (χ4n) is 3.18. The Hall–Kier alpha value is -2.43. The first kappa shape index (κ1) is 26.6. The first-order valence-electron chi connectivity index (χ1n) is 11.4. The zero-order valence-electron chi connectivity index (χ0n) is 20.1. The normalized spacial score (nSPS) is 12.3. The number of ether oxygens (including phenoxy) is 3. The Labute approximate surface area is 188 Å². The van der Waals surface area contributed by atoms with Crippen LogP contribution in [0.3, 0.4) is 0 Å². The summed E-state index contributed by atoms with van der Waals surface area (Å²) in [5, 5.41) is 10.7. The van der Waals surface area contributed by atoms with Gasteiger partial charge < -0.3 is 19.3 Å². The number of carbonyl (C=O) groups excluding carboxylic acids is 1. The molecule has 0 saturated heterocycles. The zero-order valence-corrected chi connectivity index (χ0v) is 20.1. The number of rotatable bonds is 13. The third kappa shape index (κ3) is 11.0. The number of unbranched alkanes of at least 4 members (excludes halogenated alkanes) is 2. The first-order valence-corrected chi connectivity index (χ1v) is 11.4. The Morgan fingerprint density at radius 1 is 1.13 bits per heavy atom. The second-order valence-corrected chi connectivity index (χ2v) is 8.11. The van der Waals surface area contributed by atoms with Gasteiger partial charge >= 0.3 is 6.16 Å². The SMILES string of the molecule is CCCCCc1cc(O)c(C/C=C(\C)CCC=C(C)C)c(OC(C)OC(=O)OCC)c1. The molecule has 0 aromatic heterocycles. The number of benzene rings is 1. The van der Waals surface area contributed by atoms with E-state index in [4.69, 9.17) is 14.2 Å². The van der Waals surface area contributed by atoms with E-state index in [1.807, 2.05) is 12.1 Å². The van der Waals surface area contributed by atoms with Crippen LogP contribution < -0.4 is 4.74 Å². The number of hydrogen-bond acceptors (Lipinski definition) is 5. The molecule has 1 aromatic carbocycles. The molecule has 0 radical (unpaired) electrons. The fraction of sp³-hybridized carbons (Fsp3) is 0.577. The number of phenolic OH excluding ortho intramolecular Hbond substituents is 1. The lowest BCUT2D eigenvalue weighted by Crippen LogP contribution is -2.22. The highest BCUT2D eigenvalue weighted by molar-refractivity contribution is 5.60. The summed E-state index contributed by atoms with van der Waals surface area (Å²) in [7, 11) is 0. The molecule has 0 heterocycles. The number of aryl methyl sites for hydroxylation is 1. The van der Waals surface area contributed by atoms with Crippen molar-refractivity contribution >= 4 is 6.16 Å². The second kappa shape index (κ2) is 14.6. The molecule has 5 heteroatoms. The Balaban J connectivity index is 3.02. The minimum Gasteiger partial charge on any atom is -0.508 e. The van der Waals surface area contributed by atoms with Gasteiger partial charge in [0.05, 0.1) is 6.61 Å². The topological polar surface area (TPSA) is 65.0 Å². The highest BCUT2D eigenvalue weighted by Gasteiger charge is 2.17. The van der Waals surface area contributed by atoms with Crippen LogP contribution in [0.5, 0.6) is 11.5 Å². The van der Waals surface area contributed by atoms with Gasteiger partial charge in [-0.3, -0.25) is 0 Å². The van der Waals surface area contributed by atoms with Crippen LogP contribution in [-0.4, -0.2) is 24.2 Å². The Morgan fingerprint density at radius 2 is 1.87 bits per heavy atom. The lowest BCUT2D eigenvalue weighted by Gasteiger charge is -2.19. The maximum Gasteiger partial charge on any atom is 0.511 e. The van der Waals surface area contributed by atoms with Crippen molar-refractivity contribution in [2.45, 2.75) is 92.8 Å². The molecule has 1 atom stereocenters. The highest BCUT2D eigenvalue weighted by atomic mass is 16.8. The maximum absolute atomic E-state index is 11.6. The van der Waals surface area contributed by atoms with E-state index in [0.717, 1.165) is 44.1 Å². The molecule has 1 unspecified atom stereocenters. The molecule has 0 fully saturated rings. The van der Waals surface area contributed by atoms with Crippen LogP contribution in [0.1, 0.15) is 84.8 Å². The van der Waals surface area contributed by atoms with E-state index < -0.39 is 12.4 Å². The van der Waals surface area contributed by atoms with Crippen LogP contribution in [0.25, 0.3) is 0 Å². The van der Waals surface area contributed by atoms with Gasteiger partial charge in [-0.05, 0) is 77.5 Å². The molecule has 1 rings (SSSR count). The molecule has 1 N–H and O–H groups in total. The number of allylic oxidation sites excluding steroid dienone is 4. The maximum atomic E-state index is 11.6. The van der Waals surface area contributed by atoms with Crippen LogP contribution in [-0.2, 0) is 22.3 Å². The van der Waals surface area contributed by atoms with Crippen LogP contribution in [0.2, 0.25) is 0 Å². The second-order valence-electron chi connectivity index (χ2n) is 8.11. The van der Waals surface area contributed by atoms with Crippen molar-refractivity contribution in [1.29, 1.82) is 0 Å². The molecular weight excluding hydrogens is 392 g/mol. The van der Waals surface area contributed by atoms with Gasteiger partial charge in [-0.25, -0.2) is 4.79 Å². The van der Waals surface area contributed by atoms with Crippen molar-refractivity contribution in [3.63, 3.8) is 0 Å². The summed E-state index contributed by atoms with van der Waals surface area (Å²) in [5.74, 6) is 0.748. The van der Waals surface area contributed by atoms with Gasteiger partial charge in [0.2, 0.25) is 6.29 Å². The summed E-state index contributed by atoms with van der Waals surface area (Å²) in [6, 6.07) is 3.77. The number of aromatic hydroxyl groups is 1. The summed E-state index contributed by atoms with van der Waals surface area (Å²) in [6.45, 7) is 12.1. The Kier molecular flexibility index (Phi) is 12.5. The molecule has 0 aliphatic carbocycles. The van der Waals surface area contributed by atoms with Gasteiger partial charge in [0, 0.05) is 12.5 Å². The summed E-state index contributed by atoms with van der Waals surface area (Å²) in [4.78, 5) is 11.6. The molecule has 1 aromatic rings. The molecule has 0 aliphatic heterocycles. The smallest absolute Gasteiger partial charge is 0.508 e. The molecule has 0 amide bonds. The minimum atomic E-state index is -0.828. The van der Waals surface area contributed by atoms with Gasteiger partial charge in [0.15, 0.2) is 0 Å². The van der Waals surface area contributed by atoms with Gasteiger partial charge in [-0.2, -0.15) is 0 Å². The van der Waals surface area contributed by atoms with Gasteiger partial charge in [-0.1, -0.05) is 43.1 Å². The van der Waals surface area contributed by atoms with Crippen LogP contribution in [0.15, 0.2) is 35.4 Å². The predicted octanol–water partition coefficient (Wildman–Crippen LogP) is 7.26. The van der Waals surface area contributed by atoms with Gasteiger partial charge in [0.1, 0.15) is 11.5 Å². The zero-order chi connectivity index (χ0) is 23.2. The van der Waals surface area contributed by atoms with Crippen molar-refractivity contribution in [1.82, 2.24) is 0 Å². The first-order chi connectivity index (χ1) is 14.8. The van der Waals surface area contributed by atoms with Crippen LogP contribution in [0, 0.1) is 0 Å². The third-order valence-corrected chi connectivity index (χ3v) is 4.88. The summed E-state index contributed by atoms with van der Waals surface area (Å²) < 4.78 is 15.9. The minimum absolute atomic E-state index is 0.209. The Morgan fingerprint density at radius 3 is 2.52 bits per heavy atom. The average Bonchev–Trinajstić information content (AvgIpc) is 2.67. The van der Waals surface area contributed by atoms with Gasteiger partial charge in [-0.15, -0.1) is 0 Å². The van der Waals surface area contributed by atoms with E-state index in [-0.39, 0.29) is 12.4 Å². The largest absolute Gasteiger partial charge is 0.511 e. The fourth-order valence-corrected chi connectivity index (χ4v) is 3.18. The lowest BCUT2D eigenvalue weighted by atomic mass is 10.00. The molecule has 174 valence electrons. The van der Waals surface area contributed by atoms with E-state index in [1.165, 1.54) is 11.1 Å². The molecule has 31 heavy (non-hydrogen) atoms. The summed E-state index contributed by atoms with van der Waals surface area (Å²) >= 11 is 0. The van der Waals surface area contributed by atoms with Crippen molar-refractivity contribution < 1.29 is 24.1 Å². The quantitative estimate of drug-likeness (QED) is 0.154. The molecule has 5 nitrogen and oxygen atoms in total. The van der Waals surface area contributed by atoms with Gasteiger partial charge in [0.25, 0.3) is 0 Å². The van der Waals surface area contributed by atoms with E-state index in [0.29, 0.717) is 17.7 Å². The standard InChI is InChI=1S/C26H40O5/c1-7-9-10-14-22-17-24(27)23(16-15-20(5)13-11-12-19(3)4)25(18-22)30-21(6)31-26(28)29-8-2/h12,15,17-18,21,27H,7-11,13-14,16H2,1-6H3/b20-15+. The molecular formula is C26H40O5. The Bertz CT molecular complexity index is 744. The third-order valence-electron chi connectivity index (χ3n) is 4.88. The predicted molar refractivity (Wildman–Crippen MR) is 126 cm³/mol.